The van der Waals surface area contributed by atoms with Crippen molar-refractivity contribution >= 4 is 23.2 Å². The molecule has 4 aromatic rings. The molecule has 0 saturated heterocycles. The lowest BCUT2D eigenvalue weighted by atomic mass is 10.0. The lowest BCUT2D eigenvalue weighted by Crippen LogP contribution is -2.34. The second kappa shape index (κ2) is 9.96. The molecule has 8 heteroatoms. The maximum Gasteiger partial charge on any atom is 0.364 e. The molecule has 162 valence electrons. The molecular weight excluding hydrogens is 449 g/mol. The predicted molar refractivity (Wildman–Crippen MR) is 125 cm³/mol. The van der Waals surface area contributed by atoms with Gasteiger partial charge in [0, 0.05) is 16.1 Å². The third-order valence-electron chi connectivity index (χ3n) is 4.68. The lowest BCUT2D eigenvalue weighted by molar-refractivity contribution is 0.0876. The molecule has 1 unspecified atom stereocenters. The molecule has 0 aliphatic carbocycles. The Labute approximate surface area is 194 Å². The molecule has 1 heterocycles. The highest BCUT2D eigenvalue weighted by atomic mass is 35.5. The standard InChI is InChI=1S/C24H19Cl2N3O3/c25-18-11-12-21(20(26)13-18)32-15-19(30)14-29-24(31)27-22(16-7-3-1-4-8-16)23(28-29)17-9-5-2-6-10-17/h1-13,19,30H,14-15H2. The van der Waals surface area contributed by atoms with E-state index < -0.39 is 11.8 Å². The molecule has 32 heavy (non-hydrogen) atoms. The zero-order valence-corrected chi connectivity index (χ0v) is 18.4. The first kappa shape index (κ1) is 22.0. The van der Waals surface area contributed by atoms with Gasteiger partial charge in [-0.2, -0.15) is 10.1 Å². The van der Waals surface area contributed by atoms with Crippen LogP contribution in [0, 0.1) is 0 Å². The number of hydrogen-bond donors (Lipinski definition) is 1. The fourth-order valence-corrected chi connectivity index (χ4v) is 3.62. The Morgan fingerprint density at radius 2 is 1.53 bits per heavy atom. The van der Waals surface area contributed by atoms with Crippen molar-refractivity contribution in [3.63, 3.8) is 0 Å². The van der Waals surface area contributed by atoms with Crippen LogP contribution in [-0.2, 0) is 6.54 Å². The summed E-state index contributed by atoms with van der Waals surface area (Å²) in [5.41, 5.74) is 2.06. The molecule has 1 aromatic heterocycles. The number of aliphatic hydroxyl groups excluding tert-OH is 1. The number of hydrogen-bond acceptors (Lipinski definition) is 5. The summed E-state index contributed by atoms with van der Waals surface area (Å²) in [7, 11) is 0. The second-order valence-electron chi connectivity index (χ2n) is 7.05. The van der Waals surface area contributed by atoms with Crippen molar-refractivity contribution in [1.29, 1.82) is 0 Å². The molecule has 3 aromatic carbocycles. The summed E-state index contributed by atoms with van der Waals surface area (Å²) in [6.45, 7) is -0.178. The normalized spacial score (nSPS) is 11.8. The van der Waals surface area contributed by atoms with Crippen molar-refractivity contribution in [2.24, 2.45) is 0 Å². The highest BCUT2D eigenvalue weighted by Gasteiger charge is 2.17. The Balaban J connectivity index is 1.61. The third-order valence-corrected chi connectivity index (χ3v) is 5.21. The smallest absolute Gasteiger partial charge is 0.364 e. The Morgan fingerprint density at radius 1 is 0.906 bits per heavy atom. The first-order valence-corrected chi connectivity index (χ1v) is 10.6. The molecule has 1 N–H and O–H groups in total. The quantitative estimate of drug-likeness (QED) is 0.425. The number of rotatable bonds is 7. The average molecular weight is 468 g/mol. The number of benzene rings is 3. The van der Waals surface area contributed by atoms with Crippen LogP contribution in [0.5, 0.6) is 5.75 Å². The van der Waals surface area contributed by atoms with Gasteiger partial charge in [0.1, 0.15) is 29.8 Å². The Kier molecular flexibility index (Phi) is 6.85. The first-order chi connectivity index (χ1) is 15.5. The van der Waals surface area contributed by atoms with Gasteiger partial charge >= 0.3 is 5.69 Å². The summed E-state index contributed by atoms with van der Waals surface area (Å²) in [6, 6.07) is 23.7. The van der Waals surface area contributed by atoms with Gasteiger partial charge in [-0.15, -0.1) is 0 Å². The molecule has 0 aliphatic rings. The van der Waals surface area contributed by atoms with Gasteiger partial charge in [0.2, 0.25) is 0 Å². The van der Waals surface area contributed by atoms with Gasteiger partial charge in [0.25, 0.3) is 0 Å². The maximum absolute atomic E-state index is 12.7. The van der Waals surface area contributed by atoms with E-state index in [1.807, 2.05) is 60.7 Å². The van der Waals surface area contributed by atoms with Crippen LogP contribution in [0.15, 0.2) is 83.7 Å². The summed E-state index contributed by atoms with van der Waals surface area (Å²) >= 11 is 12.0. The van der Waals surface area contributed by atoms with Crippen LogP contribution in [0.3, 0.4) is 0 Å². The SMILES string of the molecule is O=c1nc(-c2ccccc2)c(-c2ccccc2)nn1CC(O)COc1ccc(Cl)cc1Cl. The first-order valence-electron chi connectivity index (χ1n) is 9.87. The topological polar surface area (TPSA) is 77.2 Å². The van der Waals surface area contributed by atoms with Gasteiger partial charge in [0.15, 0.2) is 0 Å². The second-order valence-corrected chi connectivity index (χ2v) is 7.89. The minimum Gasteiger partial charge on any atom is -0.489 e. The van der Waals surface area contributed by atoms with E-state index in [1.165, 1.54) is 0 Å². The van der Waals surface area contributed by atoms with Crippen LogP contribution in [0.2, 0.25) is 10.0 Å². The van der Waals surface area contributed by atoms with Crippen molar-refractivity contribution in [3.05, 3.63) is 99.4 Å². The summed E-state index contributed by atoms with van der Waals surface area (Å²) in [6.07, 6.45) is -1.01. The maximum atomic E-state index is 12.7. The molecule has 0 spiro atoms. The van der Waals surface area contributed by atoms with E-state index >= 15 is 0 Å². The lowest BCUT2D eigenvalue weighted by Gasteiger charge is -2.16. The molecule has 0 bridgehead atoms. The van der Waals surface area contributed by atoms with Gasteiger partial charge in [-0.05, 0) is 18.2 Å². The molecule has 0 radical (unpaired) electrons. The van der Waals surface area contributed by atoms with Crippen molar-refractivity contribution in [1.82, 2.24) is 14.8 Å². The number of aromatic nitrogens is 3. The molecule has 0 saturated carbocycles. The summed E-state index contributed by atoms with van der Waals surface area (Å²) in [4.78, 5) is 17.0. The van der Waals surface area contributed by atoms with Crippen LogP contribution in [0.4, 0.5) is 0 Å². The highest BCUT2D eigenvalue weighted by molar-refractivity contribution is 6.35. The molecule has 0 fully saturated rings. The van der Waals surface area contributed by atoms with E-state index in [0.29, 0.717) is 27.2 Å². The number of aliphatic hydroxyl groups is 1. The Hall–Kier alpha value is -3.19. The predicted octanol–water partition coefficient (Wildman–Crippen LogP) is 4.72. The number of ether oxygens (including phenoxy) is 1. The summed E-state index contributed by atoms with van der Waals surface area (Å²) in [5.74, 6) is 0.387. The Morgan fingerprint density at radius 3 is 2.16 bits per heavy atom. The average Bonchev–Trinajstić information content (AvgIpc) is 2.81. The summed E-state index contributed by atoms with van der Waals surface area (Å²) in [5, 5.41) is 15.8. The largest absolute Gasteiger partial charge is 0.489 e. The van der Waals surface area contributed by atoms with E-state index in [0.717, 1.165) is 15.8 Å². The fourth-order valence-electron chi connectivity index (χ4n) is 3.15. The molecular formula is C24H19Cl2N3O3. The van der Waals surface area contributed by atoms with Gasteiger partial charge in [-0.1, -0.05) is 83.9 Å². The van der Waals surface area contributed by atoms with Crippen molar-refractivity contribution in [2.75, 3.05) is 6.61 Å². The van der Waals surface area contributed by atoms with E-state index in [2.05, 4.69) is 10.1 Å². The molecule has 1 atom stereocenters. The van der Waals surface area contributed by atoms with Crippen molar-refractivity contribution < 1.29 is 9.84 Å². The van der Waals surface area contributed by atoms with Crippen LogP contribution in [0.25, 0.3) is 22.5 Å². The van der Waals surface area contributed by atoms with Crippen LogP contribution in [-0.4, -0.2) is 32.6 Å². The van der Waals surface area contributed by atoms with Gasteiger partial charge in [-0.25, -0.2) is 9.48 Å². The highest BCUT2D eigenvalue weighted by Crippen LogP contribution is 2.28. The van der Waals surface area contributed by atoms with Crippen molar-refractivity contribution in [2.45, 2.75) is 12.6 Å². The molecule has 6 nitrogen and oxygen atoms in total. The zero-order valence-electron chi connectivity index (χ0n) is 16.9. The number of halogens is 2. The fraction of sp³-hybridized carbons (Fsp3) is 0.125. The monoisotopic (exact) mass is 467 g/mol. The minimum absolute atomic E-state index is 0.0867. The van der Waals surface area contributed by atoms with E-state index in [4.69, 9.17) is 27.9 Å². The van der Waals surface area contributed by atoms with Gasteiger partial charge in [0.05, 0.1) is 11.6 Å². The summed E-state index contributed by atoms with van der Waals surface area (Å²) < 4.78 is 6.71. The Bertz CT molecular complexity index is 1260. The van der Waals surface area contributed by atoms with Gasteiger partial charge < -0.3 is 9.84 Å². The molecule has 4 rings (SSSR count). The number of nitrogens with zero attached hydrogens (tertiary/aromatic N) is 3. The third kappa shape index (κ3) is 5.16. The van der Waals surface area contributed by atoms with Crippen molar-refractivity contribution in [3.8, 4) is 28.3 Å². The van der Waals surface area contributed by atoms with Crippen LogP contribution < -0.4 is 10.4 Å². The zero-order chi connectivity index (χ0) is 22.5. The van der Waals surface area contributed by atoms with Gasteiger partial charge in [-0.3, -0.25) is 0 Å². The van der Waals surface area contributed by atoms with Crippen LogP contribution in [0.1, 0.15) is 0 Å². The van der Waals surface area contributed by atoms with E-state index in [9.17, 15) is 9.90 Å². The molecule has 0 aliphatic heterocycles. The van der Waals surface area contributed by atoms with Crippen LogP contribution >= 0.6 is 23.2 Å². The van der Waals surface area contributed by atoms with E-state index in [-0.39, 0.29) is 13.2 Å². The minimum atomic E-state index is -1.01. The van der Waals surface area contributed by atoms with E-state index in [1.54, 1.807) is 18.2 Å². The molecule has 0 amide bonds.